The molecule has 29 heavy (non-hydrogen) atoms. The number of nitrogens with zero attached hydrogens (tertiary/aromatic N) is 2. The van der Waals surface area contributed by atoms with Crippen molar-refractivity contribution in [3.8, 4) is 5.75 Å². The van der Waals surface area contributed by atoms with Crippen molar-refractivity contribution in [1.29, 1.82) is 0 Å². The van der Waals surface area contributed by atoms with Crippen LogP contribution in [0, 0.1) is 20.8 Å². The Hall–Kier alpha value is -3.41. The molecule has 0 radical (unpaired) electrons. The molecular formula is C23H26N4O2. The normalized spacial score (nSPS) is 10.7. The van der Waals surface area contributed by atoms with Crippen LogP contribution in [0.3, 0.4) is 0 Å². The molecule has 2 N–H and O–H groups in total. The van der Waals surface area contributed by atoms with Gasteiger partial charge in [0.2, 0.25) is 0 Å². The van der Waals surface area contributed by atoms with E-state index in [0.717, 1.165) is 17.0 Å². The average Bonchev–Trinajstić information content (AvgIpc) is 2.65. The first-order chi connectivity index (χ1) is 13.8. The van der Waals surface area contributed by atoms with Crippen molar-refractivity contribution < 1.29 is 9.53 Å². The largest absolute Gasteiger partial charge is 0.491 e. The van der Waals surface area contributed by atoms with E-state index >= 15 is 0 Å². The Labute approximate surface area is 171 Å². The van der Waals surface area contributed by atoms with Crippen LogP contribution in [0.25, 0.3) is 0 Å². The third kappa shape index (κ3) is 5.54. The zero-order valence-electron chi connectivity index (χ0n) is 17.4. The van der Waals surface area contributed by atoms with Crippen molar-refractivity contribution in [2.45, 2.75) is 40.7 Å². The van der Waals surface area contributed by atoms with Crippen LogP contribution < -0.4 is 15.4 Å². The molecule has 6 heteroatoms. The number of carbonyl (C=O) groups is 1. The fourth-order valence-corrected chi connectivity index (χ4v) is 2.92. The van der Waals surface area contributed by atoms with E-state index in [1.165, 1.54) is 5.56 Å². The Morgan fingerprint density at radius 1 is 0.966 bits per heavy atom. The van der Waals surface area contributed by atoms with Gasteiger partial charge in [0, 0.05) is 17.4 Å². The highest BCUT2D eigenvalue weighted by Gasteiger charge is 2.12. The zero-order chi connectivity index (χ0) is 21.0. The molecule has 3 aromatic rings. The maximum Gasteiger partial charge on any atom is 0.274 e. The molecule has 0 bridgehead atoms. The molecular weight excluding hydrogens is 364 g/mol. The third-order valence-corrected chi connectivity index (χ3v) is 4.20. The topological polar surface area (TPSA) is 76.1 Å². The van der Waals surface area contributed by atoms with Crippen molar-refractivity contribution >= 4 is 23.1 Å². The lowest BCUT2D eigenvalue weighted by molar-refractivity contribution is 0.102. The van der Waals surface area contributed by atoms with Gasteiger partial charge in [-0.2, -0.15) is 0 Å². The number of rotatable bonds is 6. The summed E-state index contributed by atoms with van der Waals surface area (Å²) in [6.45, 7) is 9.79. The van der Waals surface area contributed by atoms with Crippen molar-refractivity contribution in [3.05, 3.63) is 71.2 Å². The number of amides is 1. The smallest absolute Gasteiger partial charge is 0.274 e. The van der Waals surface area contributed by atoms with Gasteiger partial charge < -0.3 is 15.4 Å². The van der Waals surface area contributed by atoms with Gasteiger partial charge in [-0.25, -0.2) is 9.97 Å². The highest BCUT2D eigenvalue weighted by atomic mass is 16.5. The summed E-state index contributed by atoms with van der Waals surface area (Å²) in [5.74, 6) is 1.56. The first-order valence-corrected chi connectivity index (χ1v) is 9.58. The summed E-state index contributed by atoms with van der Waals surface area (Å²) in [5.41, 5.74) is 4.21. The lowest BCUT2D eigenvalue weighted by atomic mass is 10.1. The van der Waals surface area contributed by atoms with Crippen LogP contribution in [0.15, 0.2) is 48.5 Å². The van der Waals surface area contributed by atoms with E-state index < -0.39 is 0 Å². The van der Waals surface area contributed by atoms with Crippen molar-refractivity contribution in [2.75, 3.05) is 10.6 Å². The molecule has 0 spiro atoms. The van der Waals surface area contributed by atoms with E-state index in [9.17, 15) is 4.79 Å². The molecule has 1 aromatic heterocycles. The molecule has 0 atom stereocenters. The molecule has 0 aliphatic rings. The minimum atomic E-state index is -0.295. The summed E-state index contributed by atoms with van der Waals surface area (Å²) in [6, 6.07) is 15.0. The number of nitrogens with one attached hydrogen (secondary N) is 2. The van der Waals surface area contributed by atoms with Crippen molar-refractivity contribution in [1.82, 2.24) is 9.97 Å². The number of benzene rings is 2. The SMILES string of the molecule is Cc1ccc(Nc2cc(C(=O)Nc3ccc(OC(C)C)cc3)nc(C)n2)c(C)c1. The molecule has 6 nitrogen and oxygen atoms in total. The van der Waals surface area contributed by atoms with E-state index in [2.05, 4.69) is 33.6 Å². The Morgan fingerprint density at radius 2 is 1.69 bits per heavy atom. The third-order valence-electron chi connectivity index (χ3n) is 4.20. The number of aromatic nitrogens is 2. The van der Waals surface area contributed by atoms with Gasteiger partial charge in [0.15, 0.2) is 0 Å². The lowest BCUT2D eigenvalue weighted by Crippen LogP contribution is -2.15. The summed E-state index contributed by atoms with van der Waals surface area (Å²) in [4.78, 5) is 21.4. The predicted octanol–water partition coefficient (Wildman–Crippen LogP) is 5.18. The molecule has 0 saturated carbocycles. The predicted molar refractivity (Wildman–Crippen MR) is 116 cm³/mol. The fraction of sp³-hybridized carbons (Fsp3) is 0.261. The van der Waals surface area contributed by atoms with Crippen LogP contribution in [-0.4, -0.2) is 22.0 Å². The maximum atomic E-state index is 12.7. The Bertz CT molecular complexity index is 1010. The van der Waals surface area contributed by atoms with Crippen LogP contribution >= 0.6 is 0 Å². The van der Waals surface area contributed by atoms with Gasteiger partial charge in [-0.3, -0.25) is 4.79 Å². The first kappa shape index (κ1) is 20.3. The van der Waals surface area contributed by atoms with Crippen LogP contribution in [0.5, 0.6) is 5.75 Å². The Balaban J connectivity index is 1.75. The minimum absolute atomic E-state index is 0.0996. The molecule has 0 saturated heterocycles. The van der Waals surface area contributed by atoms with Crippen LogP contribution in [0.4, 0.5) is 17.2 Å². The second kappa shape index (κ2) is 8.73. The van der Waals surface area contributed by atoms with E-state index in [-0.39, 0.29) is 12.0 Å². The van der Waals surface area contributed by atoms with Crippen molar-refractivity contribution in [3.63, 3.8) is 0 Å². The molecule has 2 aromatic carbocycles. The van der Waals surface area contributed by atoms with Crippen LogP contribution in [0.2, 0.25) is 0 Å². The molecule has 0 aliphatic carbocycles. The molecule has 3 rings (SSSR count). The van der Waals surface area contributed by atoms with E-state index in [1.54, 1.807) is 25.1 Å². The lowest BCUT2D eigenvalue weighted by Gasteiger charge is -2.12. The van der Waals surface area contributed by atoms with E-state index in [1.807, 2.05) is 45.0 Å². The highest BCUT2D eigenvalue weighted by molar-refractivity contribution is 6.03. The average molecular weight is 390 g/mol. The Morgan fingerprint density at radius 3 is 2.34 bits per heavy atom. The summed E-state index contributed by atoms with van der Waals surface area (Å²) in [7, 11) is 0. The van der Waals surface area contributed by atoms with Crippen molar-refractivity contribution in [2.24, 2.45) is 0 Å². The Kier molecular flexibility index (Phi) is 6.12. The molecule has 0 fully saturated rings. The number of aryl methyl sites for hydroxylation is 3. The summed E-state index contributed by atoms with van der Waals surface area (Å²) < 4.78 is 5.62. The van der Waals surface area contributed by atoms with Gasteiger partial charge in [-0.15, -0.1) is 0 Å². The monoisotopic (exact) mass is 390 g/mol. The summed E-state index contributed by atoms with van der Waals surface area (Å²) in [5, 5.41) is 6.14. The van der Waals surface area contributed by atoms with Crippen LogP contribution in [-0.2, 0) is 0 Å². The van der Waals surface area contributed by atoms with Gasteiger partial charge in [0.05, 0.1) is 6.10 Å². The van der Waals surface area contributed by atoms with E-state index in [0.29, 0.717) is 23.0 Å². The minimum Gasteiger partial charge on any atom is -0.491 e. The number of hydrogen-bond acceptors (Lipinski definition) is 5. The first-order valence-electron chi connectivity index (χ1n) is 9.58. The molecule has 1 amide bonds. The summed E-state index contributed by atoms with van der Waals surface area (Å²) >= 11 is 0. The molecule has 0 unspecified atom stereocenters. The second-order valence-electron chi connectivity index (χ2n) is 7.27. The van der Waals surface area contributed by atoms with E-state index in [4.69, 9.17) is 4.74 Å². The van der Waals surface area contributed by atoms with Crippen LogP contribution in [0.1, 0.15) is 41.3 Å². The van der Waals surface area contributed by atoms with Gasteiger partial charge >= 0.3 is 0 Å². The number of carbonyl (C=O) groups excluding carboxylic acids is 1. The number of anilines is 3. The number of ether oxygens (including phenoxy) is 1. The maximum absolute atomic E-state index is 12.7. The molecule has 150 valence electrons. The van der Waals surface area contributed by atoms with Gasteiger partial charge in [0.25, 0.3) is 5.91 Å². The standard InChI is InChI=1S/C23H26N4O2/c1-14(2)29-19-9-7-18(8-10-19)26-23(28)21-13-22(25-17(5)24-21)27-20-11-6-15(3)12-16(20)4/h6-14H,1-5H3,(H,26,28)(H,24,25,27). The van der Waals surface area contributed by atoms with Gasteiger partial charge in [-0.1, -0.05) is 17.7 Å². The number of hydrogen-bond donors (Lipinski definition) is 2. The zero-order valence-corrected chi connectivity index (χ0v) is 17.4. The summed E-state index contributed by atoms with van der Waals surface area (Å²) in [6.07, 6.45) is 0.0996. The van der Waals surface area contributed by atoms with Gasteiger partial charge in [0.1, 0.15) is 23.1 Å². The van der Waals surface area contributed by atoms with Gasteiger partial charge in [-0.05, 0) is 70.5 Å². The molecule has 1 heterocycles. The highest BCUT2D eigenvalue weighted by Crippen LogP contribution is 2.22. The second-order valence-corrected chi connectivity index (χ2v) is 7.27. The molecule has 0 aliphatic heterocycles. The quantitative estimate of drug-likeness (QED) is 0.606. The fourth-order valence-electron chi connectivity index (χ4n) is 2.92.